The molecule has 24 heavy (non-hydrogen) atoms. The minimum atomic E-state index is -0.683. The second kappa shape index (κ2) is 5.88. The lowest BCUT2D eigenvalue weighted by Gasteiger charge is -2.19. The molecule has 1 unspecified atom stereocenters. The average Bonchev–Trinajstić information content (AvgIpc) is 3.28. The van der Waals surface area contributed by atoms with E-state index in [0.29, 0.717) is 16.6 Å². The zero-order chi connectivity index (χ0) is 16.7. The predicted molar refractivity (Wildman–Crippen MR) is 93.6 cm³/mol. The lowest BCUT2D eigenvalue weighted by molar-refractivity contribution is 0.0337. The van der Waals surface area contributed by atoms with E-state index in [0.717, 1.165) is 10.2 Å². The van der Waals surface area contributed by atoms with Gasteiger partial charge in [-0.3, -0.25) is 0 Å². The van der Waals surface area contributed by atoms with Gasteiger partial charge in [-0.25, -0.2) is 19.5 Å². The minimum Gasteiger partial charge on any atom is -0.435 e. The van der Waals surface area contributed by atoms with Crippen LogP contribution in [-0.4, -0.2) is 41.7 Å². The molecule has 1 atom stereocenters. The zero-order valence-electron chi connectivity index (χ0n) is 12.7. The lowest BCUT2D eigenvalue weighted by atomic mass is 10.3. The number of rotatable bonds is 3. The van der Waals surface area contributed by atoms with Gasteiger partial charge in [0, 0.05) is 7.05 Å². The number of likely N-dealkylation sites (N-methyl/N-ethyl adjacent to an activating group) is 1. The van der Waals surface area contributed by atoms with Gasteiger partial charge < -0.3 is 9.64 Å². The van der Waals surface area contributed by atoms with Gasteiger partial charge in [0.2, 0.25) is 6.23 Å². The molecule has 4 rings (SSSR count). The summed E-state index contributed by atoms with van der Waals surface area (Å²) in [5.41, 5.74) is 0.822. The number of urea groups is 1. The summed E-state index contributed by atoms with van der Waals surface area (Å²) in [6.45, 7) is 0.311. The number of amides is 2. The van der Waals surface area contributed by atoms with E-state index in [1.807, 2.05) is 29.6 Å². The van der Waals surface area contributed by atoms with E-state index in [9.17, 15) is 9.59 Å². The summed E-state index contributed by atoms with van der Waals surface area (Å²) in [6.07, 6.45) is -0.683. The molecule has 3 aromatic rings. The molecule has 1 aromatic carbocycles. The number of carbonyl (C=O) groups excluding carboxylic acids is 2. The number of anilines is 1. The van der Waals surface area contributed by atoms with Crippen molar-refractivity contribution in [3.05, 3.63) is 46.7 Å². The van der Waals surface area contributed by atoms with Gasteiger partial charge in [0.1, 0.15) is 4.88 Å². The number of thiophene rings is 1. The van der Waals surface area contributed by atoms with Crippen LogP contribution in [-0.2, 0) is 4.74 Å². The van der Waals surface area contributed by atoms with Gasteiger partial charge in [-0.15, -0.1) is 11.3 Å². The summed E-state index contributed by atoms with van der Waals surface area (Å²) in [4.78, 5) is 32.7. The third-order valence-electron chi connectivity index (χ3n) is 3.70. The Morgan fingerprint density at radius 2 is 2.12 bits per heavy atom. The highest BCUT2D eigenvalue weighted by molar-refractivity contribution is 7.22. The van der Waals surface area contributed by atoms with Crippen molar-refractivity contribution >= 4 is 50.0 Å². The Hall–Kier alpha value is -2.45. The van der Waals surface area contributed by atoms with Crippen molar-refractivity contribution < 1.29 is 14.3 Å². The number of benzene rings is 1. The van der Waals surface area contributed by atoms with Crippen molar-refractivity contribution in [3.63, 3.8) is 0 Å². The Morgan fingerprint density at radius 3 is 2.88 bits per heavy atom. The van der Waals surface area contributed by atoms with Crippen LogP contribution in [0.4, 0.5) is 9.93 Å². The fraction of sp³-hybridized carbons (Fsp3) is 0.188. The van der Waals surface area contributed by atoms with E-state index in [2.05, 4.69) is 4.98 Å². The van der Waals surface area contributed by atoms with E-state index in [1.54, 1.807) is 19.2 Å². The summed E-state index contributed by atoms with van der Waals surface area (Å²) in [7, 11) is 1.68. The monoisotopic (exact) mass is 359 g/mol. The van der Waals surface area contributed by atoms with Gasteiger partial charge in [0.05, 0.1) is 16.8 Å². The molecule has 1 aliphatic heterocycles. The first-order chi connectivity index (χ1) is 11.6. The summed E-state index contributed by atoms with van der Waals surface area (Å²) in [5, 5.41) is 2.35. The topological polar surface area (TPSA) is 62.7 Å². The van der Waals surface area contributed by atoms with Gasteiger partial charge in [-0.1, -0.05) is 29.5 Å². The van der Waals surface area contributed by atoms with Crippen molar-refractivity contribution in [2.24, 2.45) is 0 Å². The van der Waals surface area contributed by atoms with Crippen LogP contribution in [0.15, 0.2) is 41.8 Å². The lowest BCUT2D eigenvalue weighted by Crippen LogP contribution is -2.37. The van der Waals surface area contributed by atoms with Crippen LogP contribution in [0.5, 0.6) is 0 Å². The van der Waals surface area contributed by atoms with Crippen molar-refractivity contribution in [1.29, 1.82) is 0 Å². The van der Waals surface area contributed by atoms with Crippen molar-refractivity contribution in [2.45, 2.75) is 6.23 Å². The maximum atomic E-state index is 12.5. The normalized spacial score (nSPS) is 17.7. The van der Waals surface area contributed by atoms with Crippen molar-refractivity contribution in [3.8, 4) is 0 Å². The van der Waals surface area contributed by atoms with Crippen LogP contribution >= 0.6 is 22.7 Å². The molecule has 2 amide bonds. The number of esters is 1. The molecule has 2 aromatic heterocycles. The second-order valence-electron chi connectivity index (χ2n) is 5.33. The quantitative estimate of drug-likeness (QED) is 0.672. The van der Waals surface area contributed by atoms with Crippen LogP contribution in [0.3, 0.4) is 0 Å². The molecule has 8 heteroatoms. The Labute approximate surface area is 145 Å². The fourth-order valence-electron chi connectivity index (χ4n) is 2.54. The third-order valence-corrected chi connectivity index (χ3v) is 5.59. The van der Waals surface area contributed by atoms with Gasteiger partial charge in [-0.05, 0) is 23.6 Å². The summed E-state index contributed by atoms with van der Waals surface area (Å²) < 4.78 is 6.55. The van der Waals surface area contributed by atoms with Crippen LogP contribution in [0.1, 0.15) is 9.67 Å². The molecule has 122 valence electrons. The highest BCUT2D eigenvalue weighted by atomic mass is 32.1. The molecule has 0 N–H and O–H groups in total. The molecule has 3 heterocycles. The number of ether oxygens (including phenoxy) is 1. The standard InChI is InChI=1S/C16H13N3O3S2/c1-18-9-13(22-14(20)12-7-4-8-23-12)19(16(18)21)15-17-10-5-2-3-6-11(10)24-15/h2-8,13H,9H2,1H3. The van der Waals surface area contributed by atoms with E-state index >= 15 is 0 Å². The molecule has 0 radical (unpaired) electrons. The molecular weight excluding hydrogens is 346 g/mol. The van der Waals surface area contributed by atoms with E-state index in [1.165, 1.54) is 32.5 Å². The molecule has 0 bridgehead atoms. The summed E-state index contributed by atoms with van der Waals surface area (Å²) >= 11 is 2.72. The van der Waals surface area contributed by atoms with Crippen LogP contribution in [0.25, 0.3) is 10.2 Å². The first-order valence-electron chi connectivity index (χ1n) is 7.28. The second-order valence-corrected chi connectivity index (χ2v) is 7.29. The van der Waals surface area contributed by atoms with Crippen molar-refractivity contribution in [2.75, 3.05) is 18.5 Å². The number of hydrogen-bond donors (Lipinski definition) is 0. The van der Waals surface area contributed by atoms with Gasteiger partial charge >= 0.3 is 12.0 Å². The van der Waals surface area contributed by atoms with Gasteiger partial charge in [0.25, 0.3) is 0 Å². The molecule has 1 saturated heterocycles. The summed E-state index contributed by atoms with van der Waals surface area (Å²) in [6, 6.07) is 10.9. The highest BCUT2D eigenvalue weighted by Crippen LogP contribution is 2.33. The first-order valence-corrected chi connectivity index (χ1v) is 8.97. The molecule has 6 nitrogen and oxygen atoms in total. The smallest absolute Gasteiger partial charge is 0.350 e. The zero-order valence-corrected chi connectivity index (χ0v) is 14.3. The van der Waals surface area contributed by atoms with Gasteiger partial charge in [0.15, 0.2) is 5.13 Å². The predicted octanol–water partition coefficient (Wildman–Crippen LogP) is 3.41. The maximum absolute atomic E-state index is 12.5. The molecular formula is C16H13N3O3S2. The largest absolute Gasteiger partial charge is 0.435 e. The SMILES string of the molecule is CN1CC(OC(=O)c2cccs2)N(c2nc3ccccc3s2)C1=O. The average molecular weight is 359 g/mol. The molecule has 1 aliphatic rings. The van der Waals surface area contributed by atoms with Crippen LogP contribution in [0.2, 0.25) is 0 Å². The fourth-order valence-corrected chi connectivity index (χ4v) is 4.14. The van der Waals surface area contributed by atoms with Crippen LogP contribution in [0, 0.1) is 0 Å². The Bertz CT molecular complexity index is 873. The molecule has 0 spiro atoms. The number of nitrogens with zero attached hydrogens (tertiary/aromatic N) is 3. The molecule has 1 fully saturated rings. The van der Waals surface area contributed by atoms with Crippen molar-refractivity contribution in [1.82, 2.24) is 9.88 Å². The number of fused-ring (bicyclic) bond motifs is 1. The van der Waals surface area contributed by atoms with E-state index in [-0.39, 0.29) is 6.03 Å². The first kappa shape index (κ1) is 15.1. The number of aromatic nitrogens is 1. The van der Waals surface area contributed by atoms with E-state index < -0.39 is 12.2 Å². The van der Waals surface area contributed by atoms with Crippen LogP contribution < -0.4 is 4.90 Å². The number of hydrogen-bond acceptors (Lipinski definition) is 6. The maximum Gasteiger partial charge on any atom is 0.350 e. The number of para-hydroxylation sites is 1. The highest BCUT2D eigenvalue weighted by Gasteiger charge is 2.40. The molecule has 0 aliphatic carbocycles. The number of carbonyl (C=O) groups is 2. The summed E-state index contributed by atoms with van der Waals surface area (Å²) in [5.74, 6) is -0.427. The Balaban J connectivity index is 1.65. The molecule has 0 saturated carbocycles. The Kier molecular flexibility index (Phi) is 3.70. The third kappa shape index (κ3) is 2.53. The Morgan fingerprint density at radius 1 is 1.29 bits per heavy atom. The minimum absolute atomic E-state index is 0.224. The van der Waals surface area contributed by atoms with E-state index in [4.69, 9.17) is 4.74 Å². The number of thiazole rings is 1. The van der Waals surface area contributed by atoms with Gasteiger partial charge in [-0.2, -0.15) is 0 Å².